The Morgan fingerprint density at radius 1 is 1.09 bits per heavy atom. The molecule has 1 saturated heterocycles. The maximum atomic E-state index is 12.0. The number of hydrogen-bond donors (Lipinski definition) is 2. The molecule has 34 heavy (non-hydrogen) atoms. The van der Waals surface area contributed by atoms with Crippen LogP contribution in [0.1, 0.15) is 18.4 Å². The van der Waals surface area contributed by atoms with Crippen molar-refractivity contribution < 1.29 is 13.9 Å². The highest BCUT2D eigenvalue weighted by molar-refractivity contribution is 7.97. The standard InChI is InChI=1S/C26H28N4O3S/c1-34(32,33)24-6-2-4-21(14-24)25-16-28-30-17-22(15-27-26(25)30)20-9-7-19(8-10-20)11-13-29-12-3-5-23(31)18-29/h2,4,6-10,14-17,23,31H,3,5,11-13,18H2,1H3/p+1. The van der Waals surface area contributed by atoms with E-state index in [0.717, 1.165) is 61.2 Å². The van der Waals surface area contributed by atoms with Gasteiger partial charge in [-0.1, -0.05) is 40.6 Å². The van der Waals surface area contributed by atoms with Crippen LogP contribution >= 0.6 is 0 Å². The molecule has 1 aliphatic rings. The van der Waals surface area contributed by atoms with Gasteiger partial charge in [0.2, 0.25) is 10.2 Å². The predicted molar refractivity (Wildman–Crippen MR) is 134 cm³/mol. The van der Waals surface area contributed by atoms with Crippen LogP contribution in [0.25, 0.3) is 27.9 Å². The average Bonchev–Trinajstić information content (AvgIpc) is 3.26. The van der Waals surface area contributed by atoms with Crippen molar-refractivity contribution in [3.8, 4) is 22.3 Å². The van der Waals surface area contributed by atoms with Gasteiger partial charge in [0, 0.05) is 42.7 Å². The first kappa shape index (κ1) is 22.9. The van der Waals surface area contributed by atoms with Gasteiger partial charge in [0.25, 0.3) is 0 Å². The fraction of sp³-hybridized carbons (Fsp3) is 0.308. The smallest absolute Gasteiger partial charge is 0.244 e. The van der Waals surface area contributed by atoms with E-state index in [9.17, 15) is 13.9 Å². The lowest BCUT2D eigenvalue weighted by Crippen LogP contribution is -2.39. The van der Waals surface area contributed by atoms with Gasteiger partial charge in [0.1, 0.15) is 6.26 Å². The monoisotopic (exact) mass is 477 g/mol. The summed E-state index contributed by atoms with van der Waals surface area (Å²) in [6, 6.07) is 15.6. The number of fused-ring (bicyclic) bond motifs is 1. The summed E-state index contributed by atoms with van der Waals surface area (Å²) in [6.07, 6.45) is 9.60. The highest BCUT2D eigenvalue weighted by atomic mass is 32.3. The van der Waals surface area contributed by atoms with Gasteiger partial charge in [0.05, 0.1) is 12.3 Å². The van der Waals surface area contributed by atoms with Gasteiger partial charge in [-0.25, -0.2) is 9.50 Å². The summed E-state index contributed by atoms with van der Waals surface area (Å²) in [5.41, 5.74) is 5.62. The molecule has 0 saturated carbocycles. The van der Waals surface area contributed by atoms with Gasteiger partial charge >= 0.3 is 0 Å². The van der Waals surface area contributed by atoms with Crippen LogP contribution in [0, 0.1) is 0 Å². The minimum atomic E-state index is -3.04. The van der Waals surface area contributed by atoms with E-state index in [1.54, 1.807) is 28.9 Å². The van der Waals surface area contributed by atoms with Gasteiger partial charge in [-0.3, -0.25) is 0 Å². The van der Waals surface area contributed by atoms with Crippen LogP contribution in [-0.2, 0) is 20.8 Å². The summed E-state index contributed by atoms with van der Waals surface area (Å²) in [4.78, 5) is 7.37. The molecule has 3 heterocycles. The summed E-state index contributed by atoms with van der Waals surface area (Å²) < 4.78 is 23.7. The number of rotatable bonds is 6. The molecule has 1 aliphatic heterocycles. The first-order valence-corrected chi connectivity index (χ1v) is 13.4. The van der Waals surface area contributed by atoms with Crippen LogP contribution in [0.4, 0.5) is 0 Å². The molecule has 0 bridgehead atoms. The fourth-order valence-corrected chi connectivity index (χ4v) is 5.19. The number of likely N-dealkylation sites (tertiary alicyclic amines) is 1. The Bertz CT molecular complexity index is 1350. The molecule has 5 rings (SSSR count). The summed E-state index contributed by atoms with van der Waals surface area (Å²) in [5, 5.41) is 14.3. The van der Waals surface area contributed by atoms with Crippen molar-refractivity contribution in [1.29, 1.82) is 0 Å². The largest absolute Gasteiger partial charge is 0.392 e. The quantitative estimate of drug-likeness (QED) is 0.408. The number of aliphatic hydroxyl groups excluding tert-OH is 1. The average molecular weight is 478 g/mol. The topological polar surface area (TPSA) is 91.0 Å². The Kier molecular flexibility index (Phi) is 6.31. The normalized spacial score (nSPS) is 18.7. The summed E-state index contributed by atoms with van der Waals surface area (Å²) in [7, 11) is -3.04. The first-order chi connectivity index (χ1) is 16.4. The van der Waals surface area contributed by atoms with Gasteiger partial charge in [-0.05, 0) is 48.6 Å². The molecule has 2 aromatic heterocycles. The van der Waals surface area contributed by atoms with E-state index in [1.165, 1.54) is 11.8 Å². The highest BCUT2D eigenvalue weighted by Gasteiger charge is 2.22. The Labute approximate surface area is 200 Å². The number of benzene rings is 2. The second-order valence-corrected chi connectivity index (χ2v) is 11.1. The number of β-amino-alcohol motifs (C(OH)–C–C–N with tert-alkyl or cyclic N) is 1. The van der Waals surface area contributed by atoms with Crippen molar-refractivity contribution in [2.45, 2.75) is 30.3 Å². The molecule has 176 valence electrons. The molecule has 0 amide bonds. The van der Waals surface area contributed by atoms with E-state index >= 15 is 0 Å². The molecule has 2 aromatic carbocycles. The molecule has 0 aliphatic carbocycles. The van der Waals surface area contributed by atoms with Gasteiger partial charge in [-0.15, -0.1) is 0 Å². The molecule has 0 spiro atoms. The molecular weight excluding hydrogens is 448 g/mol. The number of aromatic nitrogens is 3. The number of hydrogen-bond acceptors (Lipinski definition) is 5. The molecule has 0 radical (unpaired) electrons. The number of piperidine rings is 1. The van der Waals surface area contributed by atoms with E-state index in [2.05, 4.69) is 39.2 Å². The van der Waals surface area contributed by atoms with E-state index in [-0.39, 0.29) is 6.10 Å². The SMILES string of the molecule is C[S+](=O)(O)c1cccc(-c2cnn3cc(-c4ccc(CCN5CCCC(O)C5)cc4)cnc23)c1. The third-order valence-corrected chi connectivity index (χ3v) is 7.55. The summed E-state index contributed by atoms with van der Waals surface area (Å²) in [6.45, 7) is 2.80. The third-order valence-electron chi connectivity index (χ3n) is 6.42. The minimum absolute atomic E-state index is 0.187. The Hall–Kier alpha value is -2.91. The van der Waals surface area contributed by atoms with Crippen molar-refractivity contribution >= 4 is 15.9 Å². The van der Waals surface area contributed by atoms with Crippen molar-refractivity contribution in [3.63, 3.8) is 0 Å². The number of aliphatic hydroxyl groups is 1. The molecule has 7 nitrogen and oxygen atoms in total. The molecule has 1 fully saturated rings. The molecule has 2 atom stereocenters. The van der Waals surface area contributed by atoms with Crippen molar-refractivity contribution in [3.05, 3.63) is 72.7 Å². The van der Waals surface area contributed by atoms with Crippen molar-refractivity contribution in [2.24, 2.45) is 0 Å². The lowest BCUT2D eigenvalue weighted by molar-refractivity contribution is 0.0714. The second-order valence-electron chi connectivity index (χ2n) is 9.04. The zero-order chi connectivity index (χ0) is 23.7. The third kappa shape index (κ3) is 4.95. The van der Waals surface area contributed by atoms with Crippen molar-refractivity contribution in [1.82, 2.24) is 19.5 Å². The van der Waals surface area contributed by atoms with E-state index in [0.29, 0.717) is 10.5 Å². The maximum Gasteiger partial charge on any atom is 0.244 e. The molecule has 4 aromatic rings. The first-order valence-electron chi connectivity index (χ1n) is 11.5. The zero-order valence-electron chi connectivity index (χ0n) is 19.2. The maximum absolute atomic E-state index is 12.0. The van der Waals surface area contributed by atoms with Gasteiger partial charge in [0.15, 0.2) is 10.5 Å². The molecular formula is C26H29N4O3S+. The summed E-state index contributed by atoms with van der Waals surface area (Å²) in [5.74, 6) is 0. The molecule has 8 heteroatoms. The molecule has 2 unspecified atom stereocenters. The number of nitrogens with zero attached hydrogens (tertiary/aromatic N) is 4. The van der Waals surface area contributed by atoms with Crippen LogP contribution in [0.5, 0.6) is 0 Å². The van der Waals surface area contributed by atoms with E-state index < -0.39 is 10.2 Å². The highest BCUT2D eigenvalue weighted by Crippen LogP contribution is 2.28. The minimum Gasteiger partial charge on any atom is -0.392 e. The predicted octanol–water partition coefficient (Wildman–Crippen LogP) is 4.02. The van der Waals surface area contributed by atoms with Crippen LogP contribution in [0.2, 0.25) is 0 Å². The van der Waals surface area contributed by atoms with E-state index in [4.69, 9.17) is 0 Å². The summed E-state index contributed by atoms with van der Waals surface area (Å²) >= 11 is 0. The lowest BCUT2D eigenvalue weighted by atomic mass is 10.0. The Morgan fingerprint density at radius 3 is 2.68 bits per heavy atom. The second kappa shape index (κ2) is 9.38. The molecule has 2 N–H and O–H groups in total. The fourth-order valence-electron chi connectivity index (χ4n) is 4.51. The lowest BCUT2D eigenvalue weighted by Gasteiger charge is -2.29. The van der Waals surface area contributed by atoms with Crippen LogP contribution in [0.3, 0.4) is 0 Å². The van der Waals surface area contributed by atoms with E-state index in [1.807, 2.05) is 18.5 Å². The van der Waals surface area contributed by atoms with Crippen molar-refractivity contribution in [2.75, 3.05) is 25.9 Å². The van der Waals surface area contributed by atoms with Crippen LogP contribution in [-0.4, -0.2) is 61.2 Å². The van der Waals surface area contributed by atoms with Gasteiger partial charge in [-0.2, -0.15) is 9.65 Å². The van der Waals surface area contributed by atoms with Crippen LogP contribution < -0.4 is 0 Å². The Balaban J connectivity index is 1.33. The van der Waals surface area contributed by atoms with Gasteiger partial charge < -0.3 is 10.0 Å². The zero-order valence-corrected chi connectivity index (χ0v) is 20.0. The Morgan fingerprint density at radius 2 is 1.91 bits per heavy atom. The van der Waals surface area contributed by atoms with Crippen LogP contribution in [0.15, 0.2) is 72.0 Å².